The number of aliphatic hydroxyl groups is 1. The molecule has 1 aliphatic heterocycles. The molecule has 0 spiro atoms. The van der Waals surface area contributed by atoms with Crippen molar-refractivity contribution >= 4 is 5.97 Å². The maximum atomic E-state index is 10.9. The molecule has 1 fully saturated rings. The summed E-state index contributed by atoms with van der Waals surface area (Å²) in [5.41, 5.74) is -1.93. The number of nitrogens with zero attached hydrogens (tertiary/aromatic N) is 1. The van der Waals surface area contributed by atoms with E-state index in [-0.39, 0.29) is 6.10 Å². The number of nitriles is 1. The van der Waals surface area contributed by atoms with Gasteiger partial charge < -0.3 is 9.84 Å². The smallest absolute Gasteiger partial charge is 0.353 e. The number of carbonyl (C=O) groups is 1. The number of carbonyl (C=O) groups excluding carboxylic acids is 1. The van der Waals surface area contributed by atoms with Gasteiger partial charge in [-0.2, -0.15) is 5.26 Å². The Labute approximate surface area is 64.4 Å². The Bertz CT molecular complexity index is 232. The summed E-state index contributed by atoms with van der Waals surface area (Å²) in [5.74, 6) is -1.29. The van der Waals surface area contributed by atoms with Crippen LogP contribution in [-0.2, 0) is 9.53 Å². The Balaban J connectivity index is 2.99. The van der Waals surface area contributed by atoms with Gasteiger partial charge in [-0.3, -0.25) is 0 Å². The maximum absolute atomic E-state index is 10.9. The minimum absolute atomic E-state index is 0.382. The fraction of sp³-hybridized carbons (Fsp3) is 0.714. The Kier molecular flexibility index (Phi) is 1.61. The number of hydrogen-bond donors (Lipinski definition) is 1. The van der Waals surface area contributed by atoms with Crippen LogP contribution < -0.4 is 0 Å². The van der Waals surface area contributed by atoms with E-state index < -0.39 is 17.5 Å². The fourth-order valence-electron chi connectivity index (χ4n) is 1.03. The van der Waals surface area contributed by atoms with Gasteiger partial charge in [0.05, 0.1) is 0 Å². The number of hydrogen-bond acceptors (Lipinski definition) is 4. The molecule has 1 rings (SSSR count). The summed E-state index contributed by atoms with van der Waals surface area (Å²) in [6.45, 7) is 3.26. The highest BCUT2D eigenvalue weighted by molar-refractivity contribution is 5.85. The largest absolute Gasteiger partial charge is 0.459 e. The van der Waals surface area contributed by atoms with E-state index in [1.54, 1.807) is 19.9 Å². The molecular formula is C7H9NO3. The third-order valence-electron chi connectivity index (χ3n) is 2.14. The highest BCUT2D eigenvalue weighted by atomic mass is 16.6. The summed E-state index contributed by atoms with van der Waals surface area (Å²) in [4.78, 5) is 10.9. The van der Waals surface area contributed by atoms with E-state index >= 15 is 0 Å². The zero-order valence-electron chi connectivity index (χ0n) is 6.37. The van der Waals surface area contributed by atoms with Gasteiger partial charge in [0.1, 0.15) is 12.2 Å². The summed E-state index contributed by atoms with van der Waals surface area (Å²) in [6.07, 6.45) is -0.382. The summed E-state index contributed by atoms with van der Waals surface area (Å²) in [5, 5.41) is 17.9. The standard InChI is InChI=1S/C7H9NO3/c1-4-5(2)11-6(9)7(4,10)3-8/h4-5,10H,1-2H3. The summed E-state index contributed by atoms with van der Waals surface area (Å²) in [6, 6.07) is 1.55. The van der Waals surface area contributed by atoms with E-state index in [0.29, 0.717) is 0 Å². The molecule has 1 heterocycles. The van der Waals surface area contributed by atoms with Gasteiger partial charge in [-0.15, -0.1) is 0 Å². The first-order chi connectivity index (χ1) is 5.02. The van der Waals surface area contributed by atoms with Crippen LogP contribution >= 0.6 is 0 Å². The van der Waals surface area contributed by atoms with Crippen LogP contribution in [0.1, 0.15) is 13.8 Å². The van der Waals surface area contributed by atoms with E-state index in [1.165, 1.54) is 0 Å². The molecule has 1 N–H and O–H groups in total. The van der Waals surface area contributed by atoms with Crippen molar-refractivity contribution in [2.24, 2.45) is 5.92 Å². The quantitative estimate of drug-likeness (QED) is 0.389. The van der Waals surface area contributed by atoms with Crippen LogP contribution in [0.2, 0.25) is 0 Å². The lowest BCUT2D eigenvalue weighted by molar-refractivity contribution is -0.151. The number of rotatable bonds is 0. The van der Waals surface area contributed by atoms with Crippen LogP contribution in [0, 0.1) is 17.2 Å². The average molecular weight is 155 g/mol. The number of esters is 1. The maximum Gasteiger partial charge on any atom is 0.353 e. The van der Waals surface area contributed by atoms with Crippen molar-refractivity contribution in [3.05, 3.63) is 0 Å². The van der Waals surface area contributed by atoms with Crippen LogP contribution in [0.3, 0.4) is 0 Å². The van der Waals surface area contributed by atoms with E-state index in [1.807, 2.05) is 0 Å². The summed E-state index contributed by atoms with van der Waals surface area (Å²) < 4.78 is 4.67. The lowest BCUT2D eigenvalue weighted by Crippen LogP contribution is -2.38. The molecule has 0 saturated carbocycles. The predicted octanol–water partition coefficient (Wildman–Crippen LogP) is -0.178. The molecule has 0 radical (unpaired) electrons. The van der Waals surface area contributed by atoms with Crippen molar-refractivity contribution in [1.82, 2.24) is 0 Å². The highest BCUT2D eigenvalue weighted by Gasteiger charge is 2.53. The second-order valence-electron chi connectivity index (χ2n) is 2.78. The Morgan fingerprint density at radius 2 is 2.27 bits per heavy atom. The first-order valence-electron chi connectivity index (χ1n) is 3.37. The van der Waals surface area contributed by atoms with Crippen molar-refractivity contribution in [2.75, 3.05) is 0 Å². The summed E-state index contributed by atoms with van der Waals surface area (Å²) >= 11 is 0. The van der Waals surface area contributed by atoms with Crippen molar-refractivity contribution < 1.29 is 14.6 Å². The number of cyclic esters (lactones) is 1. The lowest BCUT2D eigenvalue weighted by Gasteiger charge is -2.13. The second kappa shape index (κ2) is 2.21. The minimum atomic E-state index is -1.93. The van der Waals surface area contributed by atoms with Crippen LogP contribution in [0.4, 0.5) is 0 Å². The van der Waals surface area contributed by atoms with Crippen molar-refractivity contribution in [3.8, 4) is 6.07 Å². The SMILES string of the molecule is CC1OC(=O)C(O)(C#N)C1C. The third kappa shape index (κ3) is 0.889. The molecule has 0 amide bonds. The number of ether oxygens (including phenoxy) is 1. The van der Waals surface area contributed by atoms with Crippen LogP contribution in [0.5, 0.6) is 0 Å². The van der Waals surface area contributed by atoms with Crippen LogP contribution in [0.15, 0.2) is 0 Å². The second-order valence-corrected chi connectivity index (χ2v) is 2.78. The highest BCUT2D eigenvalue weighted by Crippen LogP contribution is 2.30. The van der Waals surface area contributed by atoms with Gasteiger partial charge >= 0.3 is 5.97 Å². The monoisotopic (exact) mass is 155 g/mol. The Morgan fingerprint density at radius 3 is 2.45 bits per heavy atom. The van der Waals surface area contributed by atoms with Crippen LogP contribution in [-0.4, -0.2) is 22.8 Å². The molecule has 0 aromatic rings. The van der Waals surface area contributed by atoms with Gasteiger partial charge in [0, 0.05) is 5.92 Å². The first-order valence-corrected chi connectivity index (χ1v) is 3.37. The van der Waals surface area contributed by atoms with Gasteiger partial charge in [0.25, 0.3) is 5.60 Å². The molecule has 4 nitrogen and oxygen atoms in total. The summed E-state index contributed by atoms with van der Waals surface area (Å²) in [7, 11) is 0. The molecule has 1 saturated heterocycles. The third-order valence-corrected chi connectivity index (χ3v) is 2.14. The Morgan fingerprint density at radius 1 is 1.73 bits per heavy atom. The van der Waals surface area contributed by atoms with Gasteiger partial charge in [0.2, 0.25) is 0 Å². The van der Waals surface area contributed by atoms with E-state index in [4.69, 9.17) is 5.26 Å². The minimum Gasteiger partial charge on any atom is -0.459 e. The molecule has 0 aliphatic carbocycles. The molecule has 4 heteroatoms. The predicted molar refractivity (Wildman–Crippen MR) is 35.3 cm³/mol. The van der Waals surface area contributed by atoms with E-state index in [0.717, 1.165) is 0 Å². The molecule has 0 bridgehead atoms. The molecule has 0 aromatic heterocycles. The lowest BCUT2D eigenvalue weighted by atomic mass is 9.90. The zero-order valence-corrected chi connectivity index (χ0v) is 6.37. The van der Waals surface area contributed by atoms with Gasteiger partial charge in [-0.05, 0) is 6.92 Å². The zero-order chi connectivity index (χ0) is 8.65. The van der Waals surface area contributed by atoms with E-state index in [9.17, 15) is 9.90 Å². The van der Waals surface area contributed by atoms with Gasteiger partial charge in [0.15, 0.2) is 0 Å². The molecule has 1 aliphatic rings. The van der Waals surface area contributed by atoms with Crippen molar-refractivity contribution in [2.45, 2.75) is 25.6 Å². The van der Waals surface area contributed by atoms with Gasteiger partial charge in [-0.25, -0.2) is 4.79 Å². The van der Waals surface area contributed by atoms with Crippen molar-refractivity contribution in [3.63, 3.8) is 0 Å². The normalized spacial score (nSPS) is 43.3. The average Bonchev–Trinajstić information content (AvgIpc) is 2.16. The van der Waals surface area contributed by atoms with Gasteiger partial charge in [-0.1, -0.05) is 6.92 Å². The molecule has 60 valence electrons. The fourth-order valence-corrected chi connectivity index (χ4v) is 1.03. The molecule has 3 unspecified atom stereocenters. The molecule has 3 atom stereocenters. The first kappa shape index (κ1) is 8.02. The topological polar surface area (TPSA) is 70.3 Å². The van der Waals surface area contributed by atoms with Crippen LogP contribution in [0.25, 0.3) is 0 Å². The molecule has 11 heavy (non-hydrogen) atoms. The van der Waals surface area contributed by atoms with Crippen molar-refractivity contribution in [1.29, 1.82) is 5.26 Å². The molecular weight excluding hydrogens is 146 g/mol. The Hall–Kier alpha value is -1.08. The molecule has 0 aromatic carbocycles. The van der Waals surface area contributed by atoms with E-state index in [2.05, 4.69) is 4.74 Å².